The third kappa shape index (κ3) is 5.29. The van der Waals surface area contributed by atoms with E-state index in [9.17, 15) is 9.18 Å². The number of amides is 2. The van der Waals surface area contributed by atoms with Crippen molar-refractivity contribution in [1.29, 1.82) is 0 Å². The Labute approximate surface area is 135 Å². The van der Waals surface area contributed by atoms with Gasteiger partial charge in [-0.2, -0.15) is 0 Å². The molecule has 2 aromatic rings. The summed E-state index contributed by atoms with van der Waals surface area (Å²) in [5.74, 6) is -0.203. The lowest BCUT2D eigenvalue weighted by molar-refractivity contribution is 0.240. The van der Waals surface area contributed by atoms with Gasteiger partial charge in [0.2, 0.25) is 0 Å². The molecule has 0 saturated carbocycles. The molecular formula is C18H21FN2O2. The van der Waals surface area contributed by atoms with Crippen LogP contribution in [-0.2, 0) is 13.1 Å². The van der Waals surface area contributed by atoms with E-state index >= 15 is 0 Å². The van der Waals surface area contributed by atoms with Crippen LogP contribution in [0.1, 0.15) is 23.6 Å². The first-order valence-electron chi connectivity index (χ1n) is 7.57. The topological polar surface area (TPSA) is 50.4 Å². The van der Waals surface area contributed by atoms with E-state index in [2.05, 4.69) is 10.6 Å². The van der Waals surface area contributed by atoms with Crippen LogP contribution < -0.4 is 15.4 Å². The average molecular weight is 316 g/mol. The molecule has 0 aromatic heterocycles. The second-order valence-electron chi connectivity index (χ2n) is 5.22. The summed E-state index contributed by atoms with van der Waals surface area (Å²) in [6.07, 6.45) is 0. The standard InChI is InChI=1S/C18H21FN2O2/c1-3-23-17-9-8-15(10-16(17)19)12-21-18(22)20-11-14-6-4-13(2)5-7-14/h4-10H,3,11-12H2,1-2H3,(H2,20,21,22). The van der Waals surface area contributed by atoms with Crippen molar-refractivity contribution in [3.63, 3.8) is 0 Å². The fraction of sp³-hybridized carbons (Fsp3) is 0.278. The summed E-state index contributed by atoms with van der Waals surface area (Å²) in [6.45, 7) is 4.93. The number of urea groups is 1. The van der Waals surface area contributed by atoms with E-state index in [4.69, 9.17) is 4.74 Å². The number of nitrogens with one attached hydrogen (secondary N) is 2. The van der Waals surface area contributed by atoms with Crippen LogP contribution in [0.15, 0.2) is 42.5 Å². The molecule has 5 heteroatoms. The van der Waals surface area contributed by atoms with Gasteiger partial charge >= 0.3 is 6.03 Å². The Kier molecular flexibility index (Phi) is 5.97. The van der Waals surface area contributed by atoms with Gasteiger partial charge in [-0.1, -0.05) is 35.9 Å². The maximum atomic E-state index is 13.7. The summed E-state index contributed by atoms with van der Waals surface area (Å²) in [5.41, 5.74) is 2.88. The van der Waals surface area contributed by atoms with Crippen LogP contribution >= 0.6 is 0 Å². The predicted molar refractivity (Wildman–Crippen MR) is 87.8 cm³/mol. The van der Waals surface area contributed by atoms with Crippen LogP contribution in [0.4, 0.5) is 9.18 Å². The molecule has 0 heterocycles. The molecule has 0 fully saturated rings. The first kappa shape index (κ1) is 16.8. The third-order valence-corrected chi connectivity index (χ3v) is 3.32. The Bertz CT molecular complexity index is 657. The van der Waals surface area contributed by atoms with Crippen molar-refractivity contribution in [1.82, 2.24) is 10.6 Å². The SMILES string of the molecule is CCOc1ccc(CNC(=O)NCc2ccc(C)cc2)cc1F. The molecule has 0 unspecified atom stereocenters. The van der Waals surface area contributed by atoms with Gasteiger partial charge in [0.05, 0.1) is 6.61 Å². The summed E-state index contributed by atoms with van der Waals surface area (Å²) in [4.78, 5) is 11.8. The summed E-state index contributed by atoms with van der Waals surface area (Å²) >= 11 is 0. The summed E-state index contributed by atoms with van der Waals surface area (Å²) in [6, 6.07) is 12.3. The molecule has 0 aliphatic heterocycles. The molecule has 0 spiro atoms. The van der Waals surface area contributed by atoms with Gasteiger partial charge in [-0.3, -0.25) is 0 Å². The first-order chi connectivity index (χ1) is 11.1. The summed E-state index contributed by atoms with van der Waals surface area (Å²) in [5, 5.41) is 5.47. The highest BCUT2D eigenvalue weighted by Crippen LogP contribution is 2.18. The van der Waals surface area contributed by atoms with Gasteiger partial charge in [-0.25, -0.2) is 9.18 Å². The number of aryl methyl sites for hydroxylation is 1. The first-order valence-corrected chi connectivity index (χ1v) is 7.57. The van der Waals surface area contributed by atoms with Gasteiger partial charge in [0.1, 0.15) is 0 Å². The van der Waals surface area contributed by atoms with Gasteiger partial charge in [0, 0.05) is 13.1 Å². The van der Waals surface area contributed by atoms with E-state index in [0.29, 0.717) is 18.7 Å². The van der Waals surface area contributed by atoms with E-state index < -0.39 is 5.82 Å². The lowest BCUT2D eigenvalue weighted by Crippen LogP contribution is -2.34. The van der Waals surface area contributed by atoms with E-state index in [1.165, 1.54) is 11.6 Å². The van der Waals surface area contributed by atoms with Crippen molar-refractivity contribution in [2.24, 2.45) is 0 Å². The normalized spacial score (nSPS) is 10.2. The average Bonchev–Trinajstić information content (AvgIpc) is 2.55. The lowest BCUT2D eigenvalue weighted by atomic mass is 10.1. The zero-order valence-corrected chi connectivity index (χ0v) is 13.4. The smallest absolute Gasteiger partial charge is 0.315 e. The Hall–Kier alpha value is -2.56. The van der Waals surface area contributed by atoms with Crippen molar-refractivity contribution in [3.8, 4) is 5.75 Å². The van der Waals surface area contributed by atoms with E-state index in [-0.39, 0.29) is 18.3 Å². The van der Waals surface area contributed by atoms with E-state index in [1.54, 1.807) is 19.1 Å². The zero-order chi connectivity index (χ0) is 16.7. The Morgan fingerprint density at radius 1 is 1.04 bits per heavy atom. The van der Waals surface area contributed by atoms with Crippen LogP contribution in [0, 0.1) is 12.7 Å². The number of carbonyl (C=O) groups is 1. The minimum atomic E-state index is -0.425. The lowest BCUT2D eigenvalue weighted by Gasteiger charge is -2.09. The molecule has 0 aliphatic rings. The van der Waals surface area contributed by atoms with Crippen molar-refractivity contribution >= 4 is 6.03 Å². The van der Waals surface area contributed by atoms with Crippen molar-refractivity contribution < 1.29 is 13.9 Å². The number of hydrogen-bond acceptors (Lipinski definition) is 2. The largest absolute Gasteiger partial charge is 0.491 e. The molecule has 0 atom stereocenters. The molecule has 2 aromatic carbocycles. The van der Waals surface area contributed by atoms with Crippen LogP contribution in [0.2, 0.25) is 0 Å². The molecular weight excluding hydrogens is 295 g/mol. The van der Waals surface area contributed by atoms with Crippen LogP contribution in [0.3, 0.4) is 0 Å². The van der Waals surface area contributed by atoms with E-state index in [0.717, 1.165) is 5.56 Å². The quantitative estimate of drug-likeness (QED) is 0.856. The van der Waals surface area contributed by atoms with Crippen molar-refractivity contribution in [3.05, 3.63) is 65.0 Å². The number of carbonyl (C=O) groups excluding carboxylic acids is 1. The minimum Gasteiger partial charge on any atom is -0.491 e. The highest BCUT2D eigenvalue weighted by molar-refractivity contribution is 5.73. The summed E-state index contributed by atoms with van der Waals surface area (Å²) in [7, 11) is 0. The molecule has 2 amide bonds. The Morgan fingerprint density at radius 2 is 1.65 bits per heavy atom. The minimum absolute atomic E-state index is 0.222. The molecule has 0 aliphatic carbocycles. The number of halogens is 1. The van der Waals surface area contributed by atoms with Gasteiger partial charge in [0.15, 0.2) is 11.6 Å². The number of rotatable bonds is 6. The Morgan fingerprint density at radius 3 is 2.26 bits per heavy atom. The zero-order valence-electron chi connectivity index (χ0n) is 13.4. The second kappa shape index (κ2) is 8.17. The van der Waals surface area contributed by atoms with Crippen molar-refractivity contribution in [2.45, 2.75) is 26.9 Å². The molecule has 4 nitrogen and oxygen atoms in total. The maximum Gasteiger partial charge on any atom is 0.315 e. The third-order valence-electron chi connectivity index (χ3n) is 3.32. The molecule has 23 heavy (non-hydrogen) atoms. The van der Waals surface area contributed by atoms with Crippen LogP contribution in [0.5, 0.6) is 5.75 Å². The van der Waals surface area contributed by atoms with Gasteiger partial charge in [-0.05, 0) is 37.1 Å². The number of hydrogen-bond donors (Lipinski definition) is 2. The predicted octanol–water partition coefficient (Wildman–Crippen LogP) is 3.53. The molecule has 122 valence electrons. The highest BCUT2D eigenvalue weighted by atomic mass is 19.1. The molecule has 0 bridgehead atoms. The molecule has 2 N–H and O–H groups in total. The van der Waals surface area contributed by atoms with Crippen LogP contribution in [-0.4, -0.2) is 12.6 Å². The molecule has 0 radical (unpaired) electrons. The fourth-order valence-electron chi connectivity index (χ4n) is 2.06. The fourth-order valence-corrected chi connectivity index (χ4v) is 2.06. The molecule has 2 rings (SSSR count). The molecule has 0 saturated heterocycles. The van der Waals surface area contributed by atoms with Crippen LogP contribution in [0.25, 0.3) is 0 Å². The van der Waals surface area contributed by atoms with Gasteiger partial charge < -0.3 is 15.4 Å². The van der Waals surface area contributed by atoms with Crippen molar-refractivity contribution in [2.75, 3.05) is 6.61 Å². The number of ether oxygens (including phenoxy) is 1. The maximum absolute atomic E-state index is 13.7. The van der Waals surface area contributed by atoms with Gasteiger partial charge in [-0.15, -0.1) is 0 Å². The Balaban J connectivity index is 1.80. The second-order valence-corrected chi connectivity index (χ2v) is 5.22. The summed E-state index contributed by atoms with van der Waals surface area (Å²) < 4.78 is 18.8. The van der Waals surface area contributed by atoms with E-state index in [1.807, 2.05) is 31.2 Å². The van der Waals surface area contributed by atoms with Gasteiger partial charge in [0.25, 0.3) is 0 Å². The number of benzene rings is 2. The highest BCUT2D eigenvalue weighted by Gasteiger charge is 2.06. The monoisotopic (exact) mass is 316 g/mol.